The van der Waals surface area contributed by atoms with E-state index in [1.807, 2.05) is 63.2 Å². The molecule has 2 aromatic heterocycles. The van der Waals surface area contributed by atoms with Crippen molar-refractivity contribution >= 4 is 11.7 Å². The highest BCUT2D eigenvalue weighted by Gasteiger charge is 2.18. The van der Waals surface area contributed by atoms with Crippen LogP contribution in [0.3, 0.4) is 0 Å². The predicted octanol–water partition coefficient (Wildman–Crippen LogP) is 4.70. The topological polar surface area (TPSA) is 67.3 Å². The number of aryl methyl sites for hydroxylation is 1. The first-order valence-corrected chi connectivity index (χ1v) is 9.19. The number of ether oxygens (including phenoxy) is 1. The molecular formula is C22H24N4O2. The lowest BCUT2D eigenvalue weighted by molar-refractivity contribution is 0.243. The summed E-state index contributed by atoms with van der Waals surface area (Å²) in [6, 6.07) is 15.0. The lowest BCUT2D eigenvalue weighted by Gasteiger charge is -2.24. The Labute approximate surface area is 165 Å². The molecule has 2 amide bonds. The van der Waals surface area contributed by atoms with Crippen LogP contribution in [-0.4, -0.2) is 22.0 Å². The molecule has 0 spiro atoms. The molecule has 3 rings (SSSR count). The maximum atomic E-state index is 12.7. The van der Waals surface area contributed by atoms with E-state index in [4.69, 9.17) is 4.74 Å². The number of nitrogens with one attached hydrogen (secondary N) is 1. The molecule has 3 aromatic rings. The molecular weight excluding hydrogens is 352 g/mol. The van der Waals surface area contributed by atoms with Crippen LogP contribution >= 0.6 is 0 Å². The lowest BCUT2D eigenvalue weighted by atomic mass is 10.2. The lowest BCUT2D eigenvalue weighted by Crippen LogP contribution is -2.42. The summed E-state index contributed by atoms with van der Waals surface area (Å²) in [5.74, 6) is 1.19. The van der Waals surface area contributed by atoms with Crippen LogP contribution in [0.1, 0.15) is 25.0 Å². The number of hydrogen-bond donors (Lipinski definition) is 1. The molecule has 2 heterocycles. The van der Waals surface area contributed by atoms with Crippen molar-refractivity contribution in [1.29, 1.82) is 0 Å². The van der Waals surface area contributed by atoms with Gasteiger partial charge in [0.25, 0.3) is 0 Å². The number of nitrogens with zero attached hydrogens (tertiary/aromatic N) is 3. The second kappa shape index (κ2) is 8.99. The average Bonchev–Trinajstić information content (AvgIpc) is 2.69. The van der Waals surface area contributed by atoms with Gasteiger partial charge in [0.05, 0.1) is 18.4 Å². The van der Waals surface area contributed by atoms with E-state index < -0.39 is 0 Å². The van der Waals surface area contributed by atoms with E-state index in [0.29, 0.717) is 18.1 Å². The van der Waals surface area contributed by atoms with Crippen LogP contribution < -0.4 is 15.0 Å². The predicted molar refractivity (Wildman–Crippen MR) is 110 cm³/mol. The quantitative estimate of drug-likeness (QED) is 0.677. The molecule has 144 valence electrons. The SMILES string of the molecule is Cc1ccc(Oc2ccc(N(Cc3cccnc3)C(=O)NC(C)C)cn2)cc1. The molecule has 0 fully saturated rings. The normalized spacial score (nSPS) is 10.6. The van der Waals surface area contributed by atoms with Crippen LogP contribution in [0.4, 0.5) is 10.5 Å². The van der Waals surface area contributed by atoms with Gasteiger partial charge in [-0.15, -0.1) is 0 Å². The van der Waals surface area contributed by atoms with Crippen molar-refractivity contribution in [2.24, 2.45) is 0 Å². The molecule has 0 atom stereocenters. The van der Waals surface area contributed by atoms with Crippen molar-refractivity contribution in [1.82, 2.24) is 15.3 Å². The van der Waals surface area contributed by atoms with E-state index in [-0.39, 0.29) is 12.1 Å². The van der Waals surface area contributed by atoms with Crippen molar-refractivity contribution in [3.8, 4) is 11.6 Å². The summed E-state index contributed by atoms with van der Waals surface area (Å²) in [5, 5.41) is 2.93. The fraction of sp³-hybridized carbons (Fsp3) is 0.227. The van der Waals surface area contributed by atoms with E-state index in [0.717, 1.165) is 16.9 Å². The number of urea groups is 1. The summed E-state index contributed by atoms with van der Waals surface area (Å²) >= 11 is 0. The zero-order chi connectivity index (χ0) is 19.9. The zero-order valence-electron chi connectivity index (χ0n) is 16.3. The molecule has 0 radical (unpaired) electrons. The molecule has 6 nitrogen and oxygen atoms in total. The molecule has 28 heavy (non-hydrogen) atoms. The molecule has 0 unspecified atom stereocenters. The molecule has 0 aliphatic heterocycles. The van der Waals surface area contributed by atoms with Crippen molar-refractivity contribution in [2.45, 2.75) is 33.4 Å². The molecule has 0 saturated heterocycles. The number of carbonyl (C=O) groups excluding carboxylic acids is 1. The molecule has 0 saturated carbocycles. The third-order valence-electron chi connectivity index (χ3n) is 4.00. The maximum Gasteiger partial charge on any atom is 0.322 e. The number of amides is 2. The number of hydrogen-bond acceptors (Lipinski definition) is 4. The number of carbonyl (C=O) groups is 1. The van der Waals surface area contributed by atoms with Gasteiger partial charge in [-0.1, -0.05) is 23.8 Å². The minimum atomic E-state index is -0.187. The van der Waals surface area contributed by atoms with Gasteiger partial charge in [-0.25, -0.2) is 9.78 Å². The number of pyridine rings is 2. The number of rotatable bonds is 6. The smallest absolute Gasteiger partial charge is 0.322 e. The van der Waals surface area contributed by atoms with Gasteiger partial charge in [0, 0.05) is 24.5 Å². The van der Waals surface area contributed by atoms with E-state index >= 15 is 0 Å². The molecule has 0 aliphatic carbocycles. The van der Waals surface area contributed by atoms with Crippen molar-refractivity contribution in [2.75, 3.05) is 4.90 Å². The fourth-order valence-electron chi connectivity index (χ4n) is 2.60. The molecule has 0 bridgehead atoms. The second-order valence-electron chi connectivity index (χ2n) is 6.82. The van der Waals surface area contributed by atoms with Crippen molar-refractivity contribution in [3.05, 3.63) is 78.2 Å². The Morgan fingerprint density at radius 1 is 1.11 bits per heavy atom. The van der Waals surface area contributed by atoms with E-state index in [9.17, 15) is 4.79 Å². The molecule has 1 aromatic carbocycles. The van der Waals surface area contributed by atoms with Crippen LogP contribution in [0.2, 0.25) is 0 Å². The third kappa shape index (κ3) is 5.30. The van der Waals surface area contributed by atoms with Crippen LogP contribution in [0.5, 0.6) is 11.6 Å². The van der Waals surface area contributed by atoms with E-state index in [2.05, 4.69) is 15.3 Å². The Morgan fingerprint density at radius 3 is 2.50 bits per heavy atom. The standard InChI is InChI=1S/C22H24N4O2/c1-16(2)25-22(27)26(15-18-5-4-12-23-13-18)19-8-11-21(24-14-19)28-20-9-6-17(3)7-10-20/h4-14,16H,15H2,1-3H3,(H,25,27). The Balaban J connectivity index is 1.78. The summed E-state index contributed by atoms with van der Waals surface area (Å²) in [7, 11) is 0. The summed E-state index contributed by atoms with van der Waals surface area (Å²) in [5.41, 5.74) is 2.78. The summed E-state index contributed by atoms with van der Waals surface area (Å²) in [6.45, 7) is 6.27. The summed E-state index contributed by atoms with van der Waals surface area (Å²) in [6.07, 6.45) is 5.10. The number of anilines is 1. The van der Waals surface area contributed by atoms with Gasteiger partial charge in [0.15, 0.2) is 0 Å². The van der Waals surface area contributed by atoms with Crippen LogP contribution in [0, 0.1) is 6.92 Å². The van der Waals surface area contributed by atoms with Gasteiger partial charge in [0.2, 0.25) is 5.88 Å². The van der Waals surface area contributed by atoms with Gasteiger partial charge in [-0.3, -0.25) is 9.88 Å². The van der Waals surface area contributed by atoms with Gasteiger partial charge in [0.1, 0.15) is 5.75 Å². The minimum Gasteiger partial charge on any atom is -0.439 e. The third-order valence-corrected chi connectivity index (χ3v) is 4.00. The van der Waals surface area contributed by atoms with Crippen LogP contribution in [0.15, 0.2) is 67.1 Å². The summed E-state index contributed by atoms with van der Waals surface area (Å²) in [4.78, 5) is 22.8. The first-order valence-electron chi connectivity index (χ1n) is 9.19. The monoisotopic (exact) mass is 376 g/mol. The second-order valence-corrected chi connectivity index (χ2v) is 6.82. The highest BCUT2D eigenvalue weighted by Crippen LogP contribution is 2.23. The largest absolute Gasteiger partial charge is 0.439 e. The first-order chi connectivity index (χ1) is 13.5. The molecule has 1 N–H and O–H groups in total. The fourth-order valence-corrected chi connectivity index (χ4v) is 2.60. The average molecular weight is 376 g/mol. The van der Waals surface area contributed by atoms with E-state index in [1.165, 1.54) is 0 Å². The van der Waals surface area contributed by atoms with Crippen LogP contribution in [0.25, 0.3) is 0 Å². The zero-order valence-corrected chi connectivity index (χ0v) is 16.3. The first kappa shape index (κ1) is 19.4. The Hall–Kier alpha value is -3.41. The number of aromatic nitrogens is 2. The van der Waals surface area contributed by atoms with E-state index in [1.54, 1.807) is 29.6 Å². The van der Waals surface area contributed by atoms with Crippen molar-refractivity contribution in [3.63, 3.8) is 0 Å². The summed E-state index contributed by atoms with van der Waals surface area (Å²) < 4.78 is 5.77. The minimum absolute atomic E-state index is 0.0287. The van der Waals surface area contributed by atoms with Crippen LogP contribution in [-0.2, 0) is 6.54 Å². The molecule has 6 heteroatoms. The highest BCUT2D eigenvalue weighted by molar-refractivity contribution is 5.91. The Morgan fingerprint density at radius 2 is 1.89 bits per heavy atom. The Kier molecular flexibility index (Phi) is 6.22. The molecule has 0 aliphatic rings. The van der Waals surface area contributed by atoms with Crippen molar-refractivity contribution < 1.29 is 9.53 Å². The van der Waals surface area contributed by atoms with Gasteiger partial charge in [-0.05, 0) is 50.6 Å². The van der Waals surface area contributed by atoms with Gasteiger partial charge >= 0.3 is 6.03 Å². The highest BCUT2D eigenvalue weighted by atomic mass is 16.5. The van der Waals surface area contributed by atoms with Gasteiger partial charge in [-0.2, -0.15) is 0 Å². The maximum absolute atomic E-state index is 12.7. The van der Waals surface area contributed by atoms with Gasteiger partial charge < -0.3 is 10.1 Å². The Bertz CT molecular complexity index is 894. The number of benzene rings is 1.